The fourth-order valence-corrected chi connectivity index (χ4v) is 8.33. The zero-order chi connectivity index (χ0) is 57.9. The van der Waals surface area contributed by atoms with Gasteiger partial charge in [0.25, 0.3) is 0 Å². The molecule has 53 heteroatoms. The maximum atomic E-state index is 11.4. The van der Waals surface area contributed by atoms with Gasteiger partial charge in [0.05, 0.1) is 0 Å². The van der Waals surface area contributed by atoms with Crippen molar-refractivity contribution >= 4 is 80.2 Å². The molecule has 0 spiro atoms. The molecule has 0 fully saturated rings. The Morgan fingerprint density at radius 1 is 0.225 bits per heavy atom. The minimum absolute atomic E-state index is 0. The first-order valence-electron chi connectivity index (χ1n) is 13.6. The van der Waals surface area contributed by atoms with Crippen LogP contribution in [0.3, 0.4) is 0 Å². The second-order valence-electron chi connectivity index (χ2n) is 9.59. The number of rotatable bonds is 8. The Labute approximate surface area is 389 Å². The quantitative estimate of drug-likeness (QED) is 0.145. The third-order valence-corrected chi connectivity index (χ3v) is 15.2. The van der Waals surface area contributed by atoms with Gasteiger partial charge in [0.1, 0.15) is 0 Å². The van der Waals surface area contributed by atoms with Crippen molar-refractivity contribution in [1.82, 2.24) is 0 Å². The normalized spacial score (nSPS) is 14.1. The van der Waals surface area contributed by atoms with Crippen molar-refractivity contribution in [1.29, 1.82) is 0 Å². The van der Waals surface area contributed by atoms with Crippen molar-refractivity contribution < 1.29 is 190 Å². The molecule has 0 unspecified atom stereocenters. The van der Waals surface area contributed by atoms with Gasteiger partial charge in [-0.1, -0.05) is 0 Å². The monoisotopic (exact) mass is 1310 g/mol. The molecule has 2 rings (SSSR count). The number of hydrogen-bond acceptors (Lipinski definition) is 16. The van der Waals surface area contributed by atoms with E-state index in [4.69, 9.17) is 0 Å². The van der Waals surface area contributed by atoms with Gasteiger partial charge in [-0.05, 0) is 0 Å². The molecule has 2 aromatic carbocycles. The van der Waals surface area contributed by atoms with Gasteiger partial charge < -0.3 is 16.5 Å². The summed E-state index contributed by atoms with van der Waals surface area (Å²) in [6.07, 6.45) is 0. The van der Waals surface area contributed by atoms with Gasteiger partial charge in [-0.2, -0.15) is 142 Å². The molecule has 0 aliphatic carbocycles. The van der Waals surface area contributed by atoms with Crippen LogP contribution in [0, 0.1) is 0 Å². The molecule has 2 aromatic rings. The summed E-state index contributed by atoms with van der Waals surface area (Å²) in [5, 5.41) is 0. The Morgan fingerprint density at radius 3 is 0.352 bits per heavy atom. The molecule has 20 nitrogen and oxygen atoms in total. The number of nitrogens with zero attached hydrogens (tertiary/aromatic N) is 4. The molecule has 0 bridgehead atoms. The standard InChI is InChI=1S/2C5H5.4C2F6NO4S2.Fe/c2*1-2-4-5-3-1;4*3-1(4,5)14(10,11)9-15(12,13)2(6,7)8;/h2*1-5H;;;;;/q6*-1;+6. The van der Waals surface area contributed by atoms with Crippen LogP contribution < -0.4 is 0 Å². The van der Waals surface area contributed by atoms with E-state index >= 15 is 0 Å². The van der Waals surface area contributed by atoms with E-state index in [0.717, 1.165) is 16.5 Å². The first-order valence-corrected chi connectivity index (χ1v) is 25.1. The molecule has 0 aliphatic rings. The summed E-state index contributed by atoms with van der Waals surface area (Å²) >= 11 is 0. The fraction of sp³-hybridized carbons (Fsp3) is 0.444. The first kappa shape index (κ1) is 76.9. The van der Waals surface area contributed by atoms with Gasteiger partial charge in [-0.15, -0.1) is 0 Å². The van der Waals surface area contributed by atoms with Gasteiger partial charge in [0.15, 0.2) is 80.2 Å². The Bertz CT molecular complexity index is 2280. The summed E-state index contributed by atoms with van der Waals surface area (Å²) in [5.41, 5.74) is -49.6. The van der Waals surface area contributed by atoms with Crippen molar-refractivity contribution in [3.8, 4) is 0 Å². The molecular formula is C18H10F24FeN4O16S8. The maximum absolute atomic E-state index is 11.4. The van der Waals surface area contributed by atoms with E-state index in [2.05, 4.69) is 0 Å². The third kappa shape index (κ3) is 26.7. The number of hydrogen-bond donors (Lipinski definition) is 0. The van der Waals surface area contributed by atoms with Crippen molar-refractivity contribution in [2.75, 3.05) is 0 Å². The molecule has 0 aliphatic heterocycles. The summed E-state index contributed by atoms with van der Waals surface area (Å²) in [6.45, 7) is 0. The molecule has 0 radical (unpaired) electrons. The average molecular weight is 1310 g/mol. The Balaban J connectivity index is -0.000000253. The van der Waals surface area contributed by atoms with E-state index < -0.39 is 124 Å². The van der Waals surface area contributed by atoms with Gasteiger partial charge >= 0.3 is 61.1 Å². The molecule has 0 aromatic heterocycles. The van der Waals surface area contributed by atoms with E-state index in [1.54, 1.807) is 0 Å². The van der Waals surface area contributed by atoms with Crippen molar-refractivity contribution in [3.63, 3.8) is 0 Å². The van der Waals surface area contributed by atoms with Crippen molar-refractivity contribution in [2.24, 2.45) is 0 Å². The van der Waals surface area contributed by atoms with E-state index in [-0.39, 0.29) is 17.1 Å². The summed E-state index contributed by atoms with van der Waals surface area (Å²) in [7, 11) is -53.8. The zero-order valence-electron chi connectivity index (χ0n) is 30.8. The van der Waals surface area contributed by atoms with Crippen LogP contribution >= 0.6 is 0 Å². The SMILES string of the molecule is O=S(=O)([N-]S(=O)(=O)C(F)(F)F)C(F)(F)F.O=S(=O)([N-]S(=O)(=O)C(F)(F)F)C(F)(F)F.O=S(=O)([N-]S(=O)(=O)C(F)(F)F)C(F)(F)F.O=S(=O)([N-]S(=O)(=O)C(F)(F)F)C(F)(F)F.[Fe+6].c1cc[cH-]c1.c1cc[cH-]c1. The van der Waals surface area contributed by atoms with E-state index in [9.17, 15) is 173 Å². The molecule has 71 heavy (non-hydrogen) atoms. The second-order valence-corrected chi connectivity index (χ2v) is 23.3. The molecule has 0 saturated carbocycles. The minimum atomic E-state index is -6.72. The molecule has 0 N–H and O–H groups in total. The van der Waals surface area contributed by atoms with E-state index in [0.29, 0.717) is 0 Å². The molecule has 0 atom stereocenters. The molecule has 422 valence electrons. The predicted molar refractivity (Wildman–Crippen MR) is 177 cm³/mol. The van der Waals surface area contributed by atoms with Crippen molar-refractivity contribution in [2.45, 2.75) is 44.1 Å². The number of alkyl halides is 24. The Hall–Kier alpha value is -3.02. The van der Waals surface area contributed by atoms with Crippen LogP contribution in [0.25, 0.3) is 16.5 Å². The molecule has 0 amide bonds. The summed E-state index contributed by atoms with van der Waals surface area (Å²) in [4.78, 5) is 0. The predicted octanol–water partition coefficient (Wildman–Crippen LogP) is 7.05. The van der Waals surface area contributed by atoms with Gasteiger partial charge in [-0.3, -0.25) is 0 Å². The smallest absolute Gasteiger partial charge is 0.421 e. The number of sulfonamides is 8. The van der Waals surface area contributed by atoms with Crippen LogP contribution in [0.4, 0.5) is 105 Å². The topological polar surface area (TPSA) is 330 Å². The maximum Gasteiger partial charge on any atom is 6.00 e. The largest absolute Gasteiger partial charge is 6.00 e. The first-order chi connectivity index (χ1) is 29.8. The fourth-order valence-electron chi connectivity index (χ4n) is 1.50. The van der Waals surface area contributed by atoms with Crippen LogP contribution in [-0.2, 0) is 97.3 Å². The number of halogens is 24. The summed E-state index contributed by atoms with van der Waals surface area (Å²) in [5.74, 6) is 0. The summed E-state index contributed by atoms with van der Waals surface area (Å²) in [6, 6.07) is 20.0. The minimum Gasteiger partial charge on any atom is -0.421 e. The van der Waals surface area contributed by atoms with Gasteiger partial charge in [-0.25, -0.2) is 91.6 Å². The zero-order valence-corrected chi connectivity index (χ0v) is 38.4. The summed E-state index contributed by atoms with van der Waals surface area (Å²) < 4.78 is 437. The van der Waals surface area contributed by atoms with Crippen LogP contribution in [0.5, 0.6) is 0 Å². The van der Waals surface area contributed by atoms with Gasteiger partial charge in [0, 0.05) is 0 Å². The van der Waals surface area contributed by atoms with E-state index in [1.807, 2.05) is 60.7 Å². The molecule has 0 heterocycles. The van der Waals surface area contributed by atoms with Gasteiger partial charge in [0.2, 0.25) is 0 Å². The van der Waals surface area contributed by atoms with Crippen molar-refractivity contribution in [3.05, 3.63) is 77.2 Å². The molecule has 0 saturated heterocycles. The van der Waals surface area contributed by atoms with Crippen LogP contribution in [0.2, 0.25) is 0 Å². The second kappa shape index (κ2) is 25.5. The molecular weight excluding hydrogens is 1300 g/mol. The van der Waals surface area contributed by atoms with Crippen LogP contribution in [0.1, 0.15) is 0 Å². The Kier molecular flexibility index (Phi) is 27.6. The van der Waals surface area contributed by atoms with E-state index in [1.165, 1.54) is 0 Å². The van der Waals surface area contributed by atoms with Crippen LogP contribution in [-0.4, -0.2) is 111 Å². The van der Waals surface area contributed by atoms with Crippen LogP contribution in [0.15, 0.2) is 60.7 Å². The third-order valence-electron chi connectivity index (χ3n) is 4.24. The average Bonchev–Trinajstić information content (AvgIpc) is 3.80. The Morgan fingerprint density at radius 2 is 0.310 bits per heavy atom.